The molecule has 4 nitrogen and oxygen atoms in total. The quantitative estimate of drug-likeness (QED) is 0.865. The summed E-state index contributed by atoms with van der Waals surface area (Å²) in [5.74, 6) is 1.81. The van der Waals surface area contributed by atoms with Crippen molar-refractivity contribution in [3.8, 4) is 0 Å². The van der Waals surface area contributed by atoms with Crippen molar-refractivity contribution in [2.45, 2.75) is 52.5 Å². The number of nitrogens with zero attached hydrogens (tertiary/aromatic N) is 3. The molecule has 1 unspecified atom stereocenters. The highest BCUT2D eigenvalue weighted by Crippen LogP contribution is 2.21. The van der Waals surface area contributed by atoms with Gasteiger partial charge in [0.05, 0.1) is 18.1 Å². The Bertz CT molecular complexity index is 377. The maximum atomic E-state index is 4.53. The summed E-state index contributed by atoms with van der Waals surface area (Å²) < 4.78 is 0. The van der Waals surface area contributed by atoms with Crippen molar-refractivity contribution in [3.05, 3.63) is 18.1 Å². The highest BCUT2D eigenvalue weighted by Gasteiger charge is 2.16. The average molecular weight is 276 g/mol. The maximum absolute atomic E-state index is 4.53. The maximum Gasteiger partial charge on any atom is 0.144 e. The predicted octanol–water partition coefficient (Wildman–Crippen LogP) is 3.31. The van der Waals surface area contributed by atoms with Gasteiger partial charge in [-0.1, -0.05) is 20.3 Å². The third kappa shape index (κ3) is 4.75. The molecule has 1 aliphatic heterocycles. The predicted molar refractivity (Wildman–Crippen MR) is 83.7 cm³/mol. The number of hydrogen-bond acceptors (Lipinski definition) is 4. The molecule has 2 heterocycles. The van der Waals surface area contributed by atoms with Crippen LogP contribution in [0.1, 0.15) is 51.6 Å². The average Bonchev–Trinajstić information content (AvgIpc) is 2.72. The minimum atomic E-state index is 0.887. The number of anilines is 1. The zero-order valence-electron chi connectivity index (χ0n) is 12.9. The molecule has 20 heavy (non-hydrogen) atoms. The van der Waals surface area contributed by atoms with Gasteiger partial charge in [0.15, 0.2) is 0 Å². The minimum absolute atomic E-state index is 0.887. The molecule has 1 saturated heterocycles. The third-order valence-electron chi connectivity index (χ3n) is 4.16. The van der Waals surface area contributed by atoms with E-state index in [4.69, 9.17) is 0 Å². The molecule has 1 aliphatic rings. The van der Waals surface area contributed by atoms with Gasteiger partial charge in [-0.15, -0.1) is 0 Å². The molecule has 1 atom stereocenters. The monoisotopic (exact) mass is 276 g/mol. The molecule has 0 radical (unpaired) electrons. The Morgan fingerprint density at radius 3 is 2.80 bits per heavy atom. The van der Waals surface area contributed by atoms with Crippen LogP contribution in [0.5, 0.6) is 0 Å². The van der Waals surface area contributed by atoms with Crippen LogP contribution in [-0.2, 0) is 6.54 Å². The molecule has 0 aromatic carbocycles. The number of likely N-dealkylation sites (tertiary alicyclic amines) is 1. The summed E-state index contributed by atoms with van der Waals surface area (Å²) in [7, 11) is 0. The van der Waals surface area contributed by atoms with E-state index in [9.17, 15) is 0 Å². The van der Waals surface area contributed by atoms with Gasteiger partial charge in [0.2, 0.25) is 0 Å². The lowest BCUT2D eigenvalue weighted by atomic mass is 9.98. The molecule has 2 rings (SSSR count). The molecule has 0 bridgehead atoms. The Kier molecular flexibility index (Phi) is 6.25. The zero-order chi connectivity index (χ0) is 14.2. The normalized spacial score (nSPS) is 20.6. The first-order valence-corrected chi connectivity index (χ1v) is 8.09. The van der Waals surface area contributed by atoms with Crippen molar-refractivity contribution in [2.75, 3.05) is 25.0 Å². The summed E-state index contributed by atoms with van der Waals surface area (Å²) >= 11 is 0. The number of hydrogen-bond donors (Lipinski definition) is 1. The Morgan fingerprint density at radius 2 is 2.10 bits per heavy atom. The number of rotatable bonds is 6. The molecule has 0 spiro atoms. The largest absolute Gasteiger partial charge is 0.369 e. The summed E-state index contributed by atoms with van der Waals surface area (Å²) in [4.78, 5) is 11.5. The van der Waals surface area contributed by atoms with Gasteiger partial charge in [-0.05, 0) is 44.7 Å². The summed E-state index contributed by atoms with van der Waals surface area (Å²) in [5.41, 5.74) is 1.09. The molecule has 1 N–H and O–H groups in total. The summed E-state index contributed by atoms with van der Waals surface area (Å²) in [6, 6.07) is 0. The molecule has 1 fully saturated rings. The van der Waals surface area contributed by atoms with Crippen molar-refractivity contribution >= 4 is 5.82 Å². The van der Waals surface area contributed by atoms with Gasteiger partial charge in [0, 0.05) is 13.1 Å². The van der Waals surface area contributed by atoms with Crippen LogP contribution in [0.2, 0.25) is 0 Å². The van der Waals surface area contributed by atoms with E-state index < -0.39 is 0 Å². The van der Waals surface area contributed by atoms with Crippen LogP contribution in [0, 0.1) is 5.92 Å². The molecule has 0 aliphatic carbocycles. The smallest absolute Gasteiger partial charge is 0.144 e. The van der Waals surface area contributed by atoms with Gasteiger partial charge in [-0.2, -0.15) is 0 Å². The van der Waals surface area contributed by atoms with E-state index in [0.29, 0.717) is 0 Å². The van der Waals surface area contributed by atoms with Crippen LogP contribution in [0.15, 0.2) is 12.4 Å². The van der Waals surface area contributed by atoms with E-state index in [0.717, 1.165) is 36.9 Å². The standard InChI is InChI=1S/C16H28N4/c1-3-8-17-16-12-18-15(11-19-16)13-20-9-5-6-14(4-2)7-10-20/h11-12,14H,3-10,13H2,1-2H3,(H,17,19). The van der Waals surface area contributed by atoms with E-state index in [-0.39, 0.29) is 0 Å². The highest BCUT2D eigenvalue weighted by atomic mass is 15.1. The first-order valence-electron chi connectivity index (χ1n) is 8.09. The lowest BCUT2D eigenvalue weighted by Gasteiger charge is -2.19. The third-order valence-corrected chi connectivity index (χ3v) is 4.16. The Labute approximate surface area is 123 Å². The van der Waals surface area contributed by atoms with Gasteiger partial charge in [0.1, 0.15) is 5.82 Å². The van der Waals surface area contributed by atoms with Crippen LogP contribution in [0.3, 0.4) is 0 Å². The van der Waals surface area contributed by atoms with E-state index in [2.05, 4.69) is 34.0 Å². The van der Waals surface area contributed by atoms with Crippen LogP contribution >= 0.6 is 0 Å². The molecule has 0 saturated carbocycles. The molecule has 112 valence electrons. The second-order valence-electron chi connectivity index (χ2n) is 5.80. The molecular formula is C16H28N4. The minimum Gasteiger partial charge on any atom is -0.369 e. The number of nitrogens with one attached hydrogen (secondary N) is 1. The van der Waals surface area contributed by atoms with Crippen LogP contribution in [0.25, 0.3) is 0 Å². The Morgan fingerprint density at radius 1 is 1.20 bits per heavy atom. The van der Waals surface area contributed by atoms with Crippen molar-refractivity contribution in [3.63, 3.8) is 0 Å². The van der Waals surface area contributed by atoms with Gasteiger partial charge in [0.25, 0.3) is 0 Å². The van der Waals surface area contributed by atoms with Crippen molar-refractivity contribution in [1.82, 2.24) is 14.9 Å². The number of aromatic nitrogens is 2. The van der Waals surface area contributed by atoms with Crippen LogP contribution < -0.4 is 5.32 Å². The molecule has 4 heteroatoms. The van der Waals surface area contributed by atoms with Crippen molar-refractivity contribution in [2.24, 2.45) is 5.92 Å². The SMILES string of the molecule is CCCNc1cnc(CN2CCCC(CC)CC2)cn1. The van der Waals surface area contributed by atoms with Gasteiger partial charge in [-0.3, -0.25) is 9.88 Å². The van der Waals surface area contributed by atoms with Gasteiger partial charge in [-0.25, -0.2) is 4.98 Å². The Balaban J connectivity index is 1.83. The van der Waals surface area contributed by atoms with Gasteiger partial charge >= 0.3 is 0 Å². The second kappa shape index (κ2) is 8.20. The van der Waals surface area contributed by atoms with Crippen LogP contribution in [0.4, 0.5) is 5.82 Å². The molecule has 1 aromatic rings. The highest BCUT2D eigenvalue weighted by molar-refractivity contribution is 5.30. The van der Waals surface area contributed by atoms with Gasteiger partial charge < -0.3 is 5.32 Å². The fraction of sp³-hybridized carbons (Fsp3) is 0.750. The van der Waals surface area contributed by atoms with E-state index >= 15 is 0 Å². The fourth-order valence-electron chi connectivity index (χ4n) is 2.80. The lowest BCUT2D eigenvalue weighted by molar-refractivity contribution is 0.268. The topological polar surface area (TPSA) is 41.1 Å². The molecule has 0 amide bonds. The Hall–Kier alpha value is -1.16. The van der Waals surface area contributed by atoms with Crippen molar-refractivity contribution < 1.29 is 0 Å². The zero-order valence-corrected chi connectivity index (χ0v) is 12.9. The fourth-order valence-corrected chi connectivity index (χ4v) is 2.80. The van der Waals surface area contributed by atoms with E-state index in [1.54, 1.807) is 0 Å². The van der Waals surface area contributed by atoms with Crippen molar-refractivity contribution in [1.29, 1.82) is 0 Å². The summed E-state index contributed by atoms with van der Waals surface area (Å²) in [5, 5.41) is 3.26. The van der Waals surface area contributed by atoms with E-state index in [1.807, 2.05) is 12.4 Å². The first-order chi connectivity index (χ1) is 9.81. The molecule has 1 aromatic heterocycles. The summed E-state index contributed by atoms with van der Waals surface area (Å²) in [6.45, 7) is 8.77. The van der Waals surface area contributed by atoms with Crippen LogP contribution in [-0.4, -0.2) is 34.5 Å². The first kappa shape index (κ1) is 15.2. The lowest BCUT2D eigenvalue weighted by Crippen LogP contribution is -2.25. The molecular weight excluding hydrogens is 248 g/mol. The van der Waals surface area contributed by atoms with E-state index in [1.165, 1.54) is 38.8 Å². The summed E-state index contributed by atoms with van der Waals surface area (Å²) in [6.07, 6.45) is 10.2. The second-order valence-corrected chi connectivity index (χ2v) is 5.80.